The maximum atomic E-state index is 12.3. The second kappa shape index (κ2) is 4.63. The summed E-state index contributed by atoms with van der Waals surface area (Å²) in [6.07, 6.45) is -5.64. The van der Waals surface area contributed by atoms with Gasteiger partial charge in [0.15, 0.2) is 0 Å². The minimum Gasteiger partial charge on any atom is -0.464 e. The molecule has 1 unspecified atom stereocenters. The van der Waals surface area contributed by atoms with Gasteiger partial charge in [-0.25, -0.2) is 4.79 Å². The quantitative estimate of drug-likeness (QED) is 0.723. The zero-order chi connectivity index (χ0) is 11.4. The lowest BCUT2D eigenvalue weighted by molar-refractivity contribution is -0.264. The van der Waals surface area contributed by atoms with Crippen molar-refractivity contribution in [2.24, 2.45) is 0 Å². The number of carbonyl (C=O) groups is 1. The lowest BCUT2D eigenvalue weighted by Crippen LogP contribution is -2.52. The van der Waals surface area contributed by atoms with Crippen molar-refractivity contribution in [3.05, 3.63) is 0 Å². The predicted molar refractivity (Wildman–Crippen MR) is 42.5 cm³/mol. The Bertz CT molecular complexity index is 202. The molecule has 0 saturated carbocycles. The van der Waals surface area contributed by atoms with E-state index in [2.05, 4.69) is 4.74 Å². The average Bonchev–Trinajstić information content (AvgIpc) is 2.03. The molecule has 0 aliphatic rings. The molecule has 0 rings (SSSR count). The molecule has 0 aliphatic heterocycles. The van der Waals surface area contributed by atoms with Gasteiger partial charge in [0.1, 0.15) is 0 Å². The highest BCUT2D eigenvalue weighted by Gasteiger charge is 2.59. The highest BCUT2D eigenvalue weighted by Crippen LogP contribution is 2.35. The zero-order valence-corrected chi connectivity index (χ0v) is 8.02. The molecule has 0 aliphatic carbocycles. The molecular formula is C8H13F3O3. The Morgan fingerprint density at radius 2 is 1.86 bits per heavy atom. The standard InChI is InChI=1S/C8H13F3O3/c1-3-5-7(13,8(9,10)11)6(12)14-4-2/h13H,3-5H2,1-2H3. The van der Waals surface area contributed by atoms with Gasteiger partial charge in [-0.2, -0.15) is 13.2 Å². The Balaban J connectivity index is 4.80. The minimum absolute atomic E-state index is 0.0365. The van der Waals surface area contributed by atoms with Gasteiger partial charge in [-0.3, -0.25) is 0 Å². The fourth-order valence-corrected chi connectivity index (χ4v) is 0.972. The molecule has 0 aromatic carbocycles. The summed E-state index contributed by atoms with van der Waals surface area (Å²) in [5, 5.41) is 9.15. The number of rotatable bonds is 4. The summed E-state index contributed by atoms with van der Waals surface area (Å²) in [4.78, 5) is 10.9. The highest BCUT2D eigenvalue weighted by molar-refractivity contribution is 5.80. The van der Waals surface area contributed by atoms with Crippen molar-refractivity contribution < 1.29 is 27.8 Å². The average molecular weight is 214 g/mol. The minimum atomic E-state index is -4.99. The number of carbonyl (C=O) groups excluding carboxylic acids is 1. The molecular weight excluding hydrogens is 201 g/mol. The molecule has 3 nitrogen and oxygen atoms in total. The summed E-state index contributed by atoms with van der Waals surface area (Å²) < 4.78 is 41.1. The van der Waals surface area contributed by atoms with E-state index < -0.39 is 24.2 Å². The van der Waals surface area contributed by atoms with Crippen LogP contribution in [-0.2, 0) is 9.53 Å². The molecule has 0 fully saturated rings. The molecule has 84 valence electrons. The second-order valence-electron chi connectivity index (χ2n) is 2.83. The van der Waals surface area contributed by atoms with Crippen LogP contribution < -0.4 is 0 Å². The lowest BCUT2D eigenvalue weighted by atomic mass is 9.98. The SMILES string of the molecule is CCCC(O)(C(=O)OCC)C(F)(F)F. The van der Waals surface area contributed by atoms with Crippen LogP contribution in [0.5, 0.6) is 0 Å². The summed E-state index contributed by atoms with van der Waals surface area (Å²) in [7, 11) is 0. The van der Waals surface area contributed by atoms with E-state index in [1.165, 1.54) is 13.8 Å². The predicted octanol–water partition coefficient (Wildman–Crippen LogP) is 1.64. The Morgan fingerprint density at radius 3 is 2.14 bits per heavy atom. The van der Waals surface area contributed by atoms with Crippen molar-refractivity contribution in [1.82, 2.24) is 0 Å². The van der Waals surface area contributed by atoms with E-state index in [9.17, 15) is 18.0 Å². The van der Waals surface area contributed by atoms with E-state index >= 15 is 0 Å². The maximum Gasteiger partial charge on any atom is 0.428 e. The number of ether oxygens (including phenoxy) is 1. The highest BCUT2D eigenvalue weighted by atomic mass is 19.4. The van der Waals surface area contributed by atoms with Crippen molar-refractivity contribution in [2.45, 2.75) is 38.5 Å². The molecule has 0 aromatic rings. The van der Waals surface area contributed by atoms with E-state index in [1.807, 2.05) is 0 Å². The molecule has 0 bridgehead atoms. The van der Waals surface area contributed by atoms with Gasteiger partial charge < -0.3 is 9.84 Å². The van der Waals surface area contributed by atoms with Crippen molar-refractivity contribution in [3.63, 3.8) is 0 Å². The van der Waals surface area contributed by atoms with Gasteiger partial charge in [-0.15, -0.1) is 0 Å². The molecule has 0 heterocycles. The van der Waals surface area contributed by atoms with Crippen LogP contribution in [0.4, 0.5) is 13.2 Å². The topological polar surface area (TPSA) is 46.5 Å². The van der Waals surface area contributed by atoms with Gasteiger partial charge >= 0.3 is 12.1 Å². The Hall–Kier alpha value is -0.780. The van der Waals surface area contributed by atoms with Crippen molar-refractivity contribution in [1.29, 1.82) is 0 Å². The Kier molecular flexibility index (Phi) is 4.38. The second-order valence-corrected chi connectivity index (χ2v) is 2.83. The molecule has 0 saturated heterocycles. The molecule has 1 N–H and O–H groups in total. The summed E-state index contributed by atoms with van der Waals surface area (Å²) in [6, 6.07) is 0. The maximum absolute atomic E-state index is 12.3. The van der Waals surface area contributed by atoms with Crippen LogP contribution in [0.15, 0.2) is 0 Å². The summed E-state index contributed by atoms with van der Waals surface area (Å²) >= 11 is 0. The van der Waals surface area contributed by atoms with Crippen molar-refractivity contribution >= 4 is 5.97 Å². The third-order valence-electron chi connectivity index (χ3n) is 1.69. The van der Waals surface area contributed by atoms with Gasteiger partial charge in [-0.05, 0) is 13.3 Å². The Morgan fingerprint density at radius 1 is 1.36 bits per heavy atom. The zero-order valence-electron chi connectivity index (χ0n) is 8.02. The van der Waals surface area contributed by atoms with Crippen LogP contribution in [0.3, 0.4) is 0 Å². The van der Waals surface area contributed by atoms with Crippen molar-refractivity contribution in [3.8, 4) is 0 Å². The third kappa shape index (κ3) is 2.60. The Labute approximate surface area is 79.9 Å². The first kappa shape index (κ1) is 13.2. The molecule has 1 atom stereocenters. The number of halogens is 3. The van der Waals surface area contributed by atoms with Crippen LogP contribution in [0, 0.1) is 0 Å². The van der Waals surface area contributed by atoms with E-state index in [-0.39, 0.29) is 13.0 Å². The number of aliphatic hydroxyl groups is 1. The van der Waals surface area contributed by atoms with E-state index in [0.29, 0.717) is 0 Å². The molecule has 14 heavy (non-hydrogen) atoms. The smallest absolute Gasteiger partial charge is 0.428 e. The normalized spacial score (nSPS) is 16.1. The molecule has 0 aromatic heterocycles. The van der Waals surface area contributed by atoms with Crippen LogP contribution in [0.2, 0.25) is 0 Å². The molecule has 0 radical (unpaired) electrons. The first-order chi connectivity index (χ1) is 6.29. The number of esters is 1. The van der Waals surface area contributed by atoms with Gasteiger partial charge in [0.2, 0.25) is 0 Å². The van der Waals surface area contributed by atoms with E-state index in [0.717, 1.165) is 0 Å². The summed E-state index contributed by atoms with van der Waals surface area (Å²) in [6.45, 7) is 2.62. The monoisotopic (exact) mass is 214 g/mol. The van der Waals surface area contributed by atoms with Gasteiger partial charge in [0.25, 0.3) is 5.60 Å². The van der Waals surface area contributed by atoms with Gasteiger partial charge in [0, 0.05) is 0 Å². The molecule has 6 heteroatoms. The van der Waals surface area contributed by atoms with Crippen LogP contribution in [-0.4, -0.2) is 29.5 Å². The van der Waals surface area contributed by atoms with Gasteiger partial charge in [-0.1, -0.05) is 13.3 Å². The molecule has 0 spiro atoms. The van der Waals surface area contributed by atoms with Gasteiger partial charge in [0.05, 0.1) is 6.61 Å². The third-order valence-corrected chi connectivity index (χ3v) is 1.69. The van der Waals surface area contributed by atoms with E-state index in [1.54, 1.807) is 0 Å². The fourth-order valence-electron chi connectivity index (χ4n) is 0.972. The van der Waals surface area contributed by atoms with Crippen LogP contribution in [0.1, 0.15) is 26.7 Å². The van der Waals surface area contributed by atoms with Crippen LogP contribution in [0.25, 0.3) is 0 Å². The fraction of sp³-hybridized carbons (Fsp3) is 0.875. The van der Waals surface area contributed by atoms with Crippen molar-refractivity contribution in [2.75, 3.05) is 6.61 Å². The number of hydrogen-bond acceptors (Lipinski definition) is 3. The van der Waals surface area contributed by atoms with E-state index in [4.69, 9.17) is 5.11 Å². The first-order valence-corrected chi connectivity index (χ1v) is 4.26. The first-order valence-electron chi connectivity index (χ1n) is 4.26. The number of hydrogen-bond donors (Lipinski definition) is 1. The van der Waals surface area contributed by atoms with Crippen LogP contribution >= 0.6 is 0 Å². The lowest BCUT2D eigenvalue weighted by Gasteiger charge is -2.27. The number of alkyl halides is 3. The largest absolute Gasteiger partial charge is 0.464 e. The molecule has 0 amide bonds. The summed E-state index contributed by atoms with van der Waals surface area (Å²) in [5.74, 6) is -1.63. The summed E-state index contributed by atoms with van der Waals surface area (Å²) in [5.41, 5.74) is -3.36.